The van der Waals surface area contributed by atoms with Crippen molar-refractivity contribution in [1.29, 1.82) is 0 Å². The summed E-state index contributed by atoms with van der Waals surface area (Å²) in [4.78, 5) is 6.56. The van der Waals surface area contributed by atoms with Gasteiger partial charge in [-0.1, -0.05) is 29.8 Å². The molecule has 0 aliphatic carbocycles. The average molecular weight is 217 g/mol. The zero-order chi connectivity index (χ0) is 11.4. The Morgan fingerprint density at radius 1 is 1.44 bits per heavy atom. The Balaban J connectivity index is 1.80. The summed E-state index contributed by atoms with van der Waals surface area (Å²) in [5, 5.41) is 3.38. The highest BCUT2D eigenvalue weighted by atomic mass is 15.3. The molecule has 1 aliphatic heterocycles. The van der Waals surface area contributed by atoms with Crippen LogP contribution in [0.2, 0.25) is 0 Å². The van der Waals surface area contributed by atoms with E-state index in [1.54, 1.807) is 0 Å². The van der Waals surface area contributed by atoms with Crippen molar-refractivity contribution in [3.63, 3.8) is 0 Å². The van der Waals surface area contributed by atoms with Gasteiger partial charge in [0, 0.05) is 20.1 Å². The number of hydrogen-bond donors (Lipinski definition) is 1. The molecule has 0 radical (unpaired) electrons. The predicted octanol–water partition coefficient (Wildman–Crippen LogP) is 1.43. The molecular weight excluding hydrogens is 198 g/mol. The minimum absolute atomic E-state index is 0.920. The normalized spacial score (nSPS) is 15.1. The summed E-state index contributed by atoms with van der Waals surface area (Å²) < 4.78 is 0. The van der Waals surface area contributed by atoms with E-state index in [4.69, 9.17) is 0 Å². The molecule has 0 saturated carbocycles. The number of benzene rings is 1. The van der Waals surface area contributed by atoms with Gasteiger partial charge in [-0.2, -0.15) is 0 Å². The summed E-state index contributed by atoms with van der Waals surface area (Å²) in [6.07, 6.45) is 1.05. The number of nitrogens with one attached hydrogen (secondary N) is 1. The van der Waals surface area contributed by atoms with Crippen molar-refractivity contribution in [2.45, 2.75) is 13.3 Å². The van der Waals surface area contributed by atoms with E-state index in [0.29, 0.717) is 0 Å². The first-order valence-electron chi connectivity index (χ1n) is 5.81. The summed E-state index contributed by atoms with van der Waals surface area (Å²) in [6, 6.07) is 8.66. The summed E-state index contributed by atoms with van der Waals surface area (Å²) in [5.74, 6) is 1.03. The number of hydrogen-bond acceptors (Lipinski definition) is 3. The van der Waals surface area contributed by atoms with Crippen LogP contribution < -0.4 is 5.32 Å². The second-order valence-electron chi connectivity index (χ2n) is 4.29. The lowest BCUT2D eigenvalue weighted by Gasteiger charge is -2.15. The Kier molecular flexibility index (Phi) is 3.44. The van der Waals surface area contributed by atoms with Crippen LogP contribution >= 0.6 is 0 Å². The van der Waals surface area contributed by atoms with Gasteiger partial charge in [-0.3, -0.25) is 4.99 Å². The minimum atomic E-state index is 0.920. The molecule has 1 aromatic rings. The molecule has 1 aromatic carbocycles. The Labute approximate surface area is 97.2 Å². The van der Waals surface area contributed by atoms with Crippen molar-refractivity contribution in [3.05, 3.63) is 35.4 Å². The van der Waals surface area contributed by atoms with Crippen LogP contribution in [0.3, 0.4) is 0 Å². The minimum Gasteiger partial charge on any atom is -0.356 e. The number of guanidine groups is 1. The Hall–Kier alpha value is -1.51. The van der Waals surface area contributed by atoms with Crippen molar-refractivity contribution in [2.75, 3.05) is 26.7 Å². The second kappa shape index (κ2) is 5.01. The number of rotatable bonds is 3. The summed E-state index contributed by atoms with van der Waals surface area (Å²) in [5.41, 5.74) is 2.71. The zero-order valence-electron chi connectivity index (χ0n) is 10.0. The molecule has 0 unspecified atom stereocenters. The van der Waals surface area contributed by atoms with Crippen LogP contribution in [-0.4, -0.2) is 37.5 Å². The van der Waals surface area contributed by atoms with Crippen LogP contribution in [0.4, 0.5) is 0 Å². The SMILES string of the molecule is Cc1cccc(CCNC2=NCCN2C)c1. The third-order valence-corrected chi connectivity index (χ3v) is 2.84. The van der Waals surface area contributed by atoms with Crippen LogP contribution in [0.1, 0.15) is 11.1 Å². The number of aryl methyl sites for hydroxylation is 1. The van der Waals surface area contributed by atoms with Crippen molar-refractivity contribution >= 4 is 5.96 Å². The fraction of sp³-hybridized carbons (Fsp3) is 0.462. The van der Waals surface area contributed by atoms with Crippen molar-refractivity contribution < 1.29 is 0 Å². The first kappa shape index (κ1) is 11.0. The molecule has 0 saturated heterocycles. The standard InChI is InChI=1S/C13H19N3/c1-11-4-3-5-12(10-11)6-7-14-13-15-8-9-16(13)2/h3-5,10H,6-9H2,1-2H3,(H,14,15). The third-order valence-electron chi connectivity index (χ3n) is 2.84. The third kappa shape index (κ3) is 2.75. The summed E-state index contributed by atoms with van der Waals surface area (Å²) >= 11 is 0. The van der Waals surface area contributed by atoms with Gasteiger partial charge in [0.05, 0.1) is 6.54 Å². The Bertz CT molecular complexity index is 385. The van der Waals surface area contributed by atoms with Crippen molar-refractivity contribution in [1.82, 2.24) is 10.2 Å². The molecule has 0 spiro atoms. The van der Waals surface area contributed by atoms with Gasteiger partial charge >= 0.3 is 0 Å². The van der Waals surface area contributed by atoms with E-state index in [9.17, 15) is 0 Å². The van der Waals surface area contributed by atoms with Crippen molar-refractivity contribution in [2.24, 2.45) is 4.99 Å². The van der Waals surface area contributed by atoms with E-state index in [0.717, 1.165) is 32.0 Å². The molecule has 0 bridgehead atoms. The van der Waals surface area contributed by atoms with Gasteiger partial charge < -0.3 is 10.2 Å². The topological polar surface area (TPSA) is 27.6 Å². The molecule has 1 aliphatic rings. The lowest BCUT2D eigenvalue weighted by molar-refractivity contribution is 0.534. The van der Waals surface area contributed by atoms with E-state index in [1.807, 2.05) is 0 Å². The maximum atomic E-state index is 4.40. The summed E-state index contributed by atoms with van der Waals surface area (Å²) in [7, 11) is 2.07. The summed E-state index contributed by atoms with van der Waals surface area (Å²) in [6.45, 7) is 5.04. The number of nitrogens with zero attached hydrogens (tertiary/aromatic N) is 2. The predicted molar refractivity (Wildman–Crippen MR) is 67.8 cm³/mol. The van der Waals surface area contributed by atoms with Crippen LogP contribution in [0, 0.1) is 6.92 Å². The van der Waals surface area contributed by atoms with E-state index in [1.165, 1.54) is 11.1 Å². The molecular formula is C13H19N3. The van der Waals surface area contributed by atoms with Gasteiger partial charge in [-0.15, -0.1) is 0 Å². The maximum Gasteiger partial charge on any atom is 0.193 e. The first-order valence-corrected chi connectivity index (χ1v) is 5.81. The van der Waals surface area contributed by atoms with E-state index < -0.39 is 0 Å². The van der Waals surface area contributed by atoms with Crippen LogP contribution in [0.5, 0.6) is 0 Å². The monoisotopic (exact) mass is 217 g/mol. The highest BCUT2D eigenvalue weighted by Crippen LogP contribution is 2.04. The van der Waals surface area contributed by atoms with Crippen LogP contribution in [0.15, 0.2) is 29.3 Å². The van der Waals surface area contributed by atoms with Gasteiger partial charge in [0.2, 0.25) is 0 Å². The molecule has 1 N–H and O–H groups in total. The number of likely N-dealkylation sites (N-methyl/N-ethyl adjacent to an activating group) is 1. The van der Waals surface area contributed by atoms with Gasteiger partial charge in [0.25, 0.3) is 0 Å². The average Bonchev–Trinajstić information content (AvgIpc) is 2.65. The fourth-order valence-electron chi connectivity index (χ4n) is 1.91. The molecule has 3 nitrogen and oxygen atoms in total. The van der Waals surface area contributed by atoms with Crippen LogP contribution in [0.25, 0.3) is 0 Å². The Morgan fingerprint density at radius 3 is 3.00 bits per heavy atom. The molecule has 2 rings (SSSR count). The highest BCUT2D eigenvalue weighted by molar-refractivity contribution is 5.81. The second-order valence-corrected chi connectivity index (χ2v) is 4.29. The van der Waals surface area contributed by atoms with Gasteiger partial charge in [-0.05, 0) is 18.9 Å². The largest absolute Gasteiger partial charge is 0.356 e. The maximum absolute atomic E-state index is 4.40. The highest BCUT2D eigenvalue weighted by Gasteiger charge is 2.10. The molecule has 3 heteroatoms. The van der Waals surface area contributed by atoms with E-state index in [2.05, 4.69) is 53.4 Å². The number of aliphatic imine (C=N–C) groups is 1. The zero-order valence-corrected chi connectivity index (χ0v) is 10.0. The smallest absolute Gasteiger partial charge is 0.193 e. The lowest BCUT2D eigenvalue weighted by Crippen LogP contribution is -2.36. The van der Waals surface area contributed by atoms with Gasteiger partial charge in [0.1, 0.15) is 0 Å². The van der Waals surface area contributed by atoms with E-state index >= 15 is 0 Å². The Morgan fingerprint density at radius 2 is 2.31 bits per heavy atom. The first-order chi connectivity index (χ1) is 7.75. The lowest BCUT2D eigenvalue weighted by atomic mass is 10.1. The molecule has 0 aromatic heterocycles. The molecule has 0 atom stereocenters. The molecule has 0 fully saturated rings. The molecule has 86 valence electrons. The van der Waals surface area contributed by atoms with Crippen molar-refractivity contribution in [3.8, 4) is 0 Å². The molecule has 0 amide bonds. The fourth-order valence-corrected chi connectivity index (χ4v) is 1.91. The van der Waals surface area contributed by atoms with Gasteiger partial charge in [-0.25, -0.2) is 0 Å². The quantitative estimate of drug-likeness (QED) is 0.829. The molecule has 16 heavy (non-hydrogen) atoms. The van der Waals surface area contributed by atoms with Crippen LogP contribution in [-0.2, 0) is 6.42 Å². The molecule has 1 heterocycles. The van der Waals surface area contributed by atoms with E-state index in [-0.39, 0.29) is 0 Å². The van der Waals surface area contributed by atoms with Gasteiger partial charge in [0.15, 0.2) is 5.96 Å².